The summed E-state index contributed by atoms with van der Waals surface area (Å²) < 4.78 is 1.67. The van der Waals surface area contributed by atoms with Gasteiger partial charge >= 0.3 is 5.97 Å². The molecule has 0 bridgehead atoms. The second-order valence-corrected chi connectivity index (χ2v) is 5.03. The zero-order valence-corrected chi connectivity index (χ0v) is 12.3. The summed E-state index contributed by atoms with van der Waals surface area (Å²) in [6, 6.07) is 0.389. The molecule has 2 rings (SSSR count). The smallest absolute Gasteiger partial charge is 0.353 e. The second kappa shape index (κ2) is 6.35. The lowest BCUT2D eigenvalue weighted by molar-refractivity contribution is 0.0686. The minimum absolute atomic E-state index is 0. The maximum absolute atomic E-state index is 10.9. The number of rotatable bonds is 2. The third-order valence-corrected chi connectivity index (χ3v) is 3.94. The van der Waals surface area contributed by atoms with E-state index in [2.05, 4.69) is 4.99 Å². The van der Waals surface area contributed by atoms with Crippen molar-refractivity contribution in [2.75, 3.05) is 0 Å². The molecule has 17 heavy (non-hydrogen) atoms. The molecule has 1 saturated carbocycles. The Labute approximate surface area is 115 Å². The van der Waals surface area contributed by atoms with Gasteiger partial charge in [0.05, 0.1) is 6.04 Å². The molecule has 0 amide bonds. The Morgan fingerprint density at radius 2 is 2.12 bits per heavy atom. The summed E-state index contributed by atoms with van der Waals surface area (Å²) in [7, 11) is 1.77. The summed E-state index contributed by atoms with van der Waals surface area (Å²) in [5, 5.41) is 10.6. The number of carboxylic acid groups (broad SMARTS) is 1. The van der Waals surface area contributed by atoms with Crippen molar-refractivity contribution in [3.8, 4) is 0 Å². The summed E-state index contributed by atoms with van der Waals surface area (Å²) in [6.07, 6.45) is 6.08. The number of carboxylic acids is 1. The fraction of sp³-hybridized carbons (Fsp3) is 0.636. The zero-order valence-electron chi connectivity index (χ0n) is 9.76. The van der Waals surface area contributed by atoms with Crippen LogP contribution < -0.4 is 4.80 Å². The SMILES string of the molecule is Br.Cn1c(C(=O)O)csc1=NC1CCCCC1. The minimum atomic E-state index is -0.885. The third-order valence-electron chi connectivity index (χ3n) is 3.01. The van der Waals surface area contributed by atoms with Gasteiger partial charge in [-0.1, -0.05) is 19.3 Å². The molecule has 1 heterocycles. The molecule has 0 atom stereocenters. The summed E-state index contributed by atoms with van der Waals surface area (Å²) in [5.41, 5.74) is 0.319. The highest BCUT2D eigenvalue weighted by Gasteiger charge is 2.13. The number of carbonyl (C=O) groups is 1. The van der Waals surface area contributed by atoms with Crippen molar-refractivity contribution in [3.63, 3.8) is 0 Å². The number of hydrogen-bond donors (Lipinski definition) is 1. The van der Waals surface area contributed by atoms with Crippen LogP contribution in [0.4, 0.5) is 0 Å². The van der Waals surface area contributed by atoms with Gasteiger partial charge in [-0.15, -0.1) is 28.3 Å². The molecule has 4 nitrogen and oxygen atoms in total. The van der Waals surface area contributed by atoms with E-state index in [9.17, 15) is 4.79 Å². The number of halogens is 1. The van der Waals surface area contributed by atoms with Crippen molar-refractivity contribution in [2.45, 2.75) is 38.1 Å². The molecule has 0 aliphatic heterocycles. The van der Waals surface area contributed by atoms with Crippen molar-refractivity contribution in [1.82, 2.24) is 4.57 Å². The second-order valence-electron chi connectivity index (χ2n) is 4.19. The number of aromatic carboxylic acids is 1. The summed E-state index contributed by atoms with van der Waals surface area (Å²) >= 11 is 1.41. The molecule has 0 saturated heterocycles. The van der Waals surface area contributed by atoms with E-state index in [-0.39, 0.29) is 17.0 Å². The van der Waals surface area contributed by atoms with Crippen molar-refractivity contribution in [3.05, 3.63) is 15.9 Å². The highest BCUT2D eigenvalue weighted by Crippen LogP contribution is 2.19. The van der Waals surface area contributed by atoms with Gasteiger partial charge in [-0.3, -0.25) is 4.99 Å². The van der Waals surface area contributed by atoms with Gasteiger partial charge in [0.25, 0.3) is 0 Å². The molecule has 1 aromatic rings. The fourth-order valence-electron chi connectivity index (χ4n) is 2.05. The van der Waals surface area contributed by atoms with Gasteiger partial charge in [-0.25, -0.2) is 4.79 Å². The van der Waals surface area contributed by atoms with Crippen LogP contribution in [0.5, 0.6) is 0 Å². The number of aromatic nitrogens is 1. The lowest BCUT2D eigenvalue weighted by atomic mass is 9.96. The quantitative estimate of drug-likeness (QED) is 0.910. The first-order valence-electron chi connectivity index (χ1n) is 5.60. The monoisotopic (exact) mass is 320 g/mol. The predicted octanol–water partition coefficient (Wildman–Crippen LogP) is 2.60. The summed E-state index contributed by atoms with van der Waals surface area (Å²) in [5.74, 6) is -0.885. The molecule has 6 heteroatoms. The molecule has 1 aromatic heterocycles. The molecule has 96 valence electrons. The largest absolute Gasteiger partial charge is 0.477 e. The van der Waals surface area contributed by atoms with E-state index in [4.69, 9.17) is 5.11 Å². The topological polar surface area (TPSA) is 54.6 Å². The third kappa shape index (κ3) is 3.42. The first-order chi connectivity index (χ1) is 7.68. The molecule has 0 unspecified atom stereocenters. The molecule has 1 aliphatic carbocycles. The van der Waals surface area contributed by atoms with Crippen molar-refractivity contribution >= 4 is 34.3 Å². The summed E-state index contributed by atoms with van der Waals surface area (Å²) in [6.45, 7) is 0. The molecule has 1 fully saturated rings. The van der Waals surface area contributed by atoms with Gasteiger partial charge in [0.15, 0.2) is 4.80 Å². The Morgan fingerprint density at radius 1 is 1.47 bits per heavy atom. The van der Waals surface area contributed by atoms with E-state index >= 15 is 0 Å². The predicted molar refractivity (Wildman–Crippen MR) is 73.0 cm³/mol. The van der Waals surface area contributed by atoms with Gasteiger partial charge in [0.1, 0.15) is 5.69 Å². The number of nitrogens with zero attached hydrogens (tertiary/aromatic N) is 2. The van der Waals surface area contributed by atoms with Gasteiger partial charge in [0, 0.05) is 12.4 Å². The van der Waals surface area contributed by atoms with E-state index in [0.717, 1.165) is 17.6 Å². The molecular formula is C11H17BrN2O2S. The number of hydrogen-bond acceptors (Lipinski definition) is 3. The zero-order chi connectivity index (χ0) is 11.5. The molecule has 0 radical (unpaired) electrons. The van der Waals surface area contributed by atoms with Gasteiger partial charge < -0.3 is 9.67 Å². The van der Waals surface area contributed by atoms with Crippen LogP contribution in [-0.4, -0.2) is 21.7 Å². The maximum atomic E-state index is 10.9. The lowest BCUT2D eigenvalue weighted by Crippen LogP contribution is -2.20. The van der Waals surface area contributed by atoms with Gasteiger partial charge in [-0.05, 0) is 12.8 Å². The van der Waals surface area contributed by atoms with Crippen LogP contribution >= 0.6 is 28.3 Å². The lowest BCUT2D eigenvalue weighted by Gasteiger charge is -2.16. The summed E-state index contributed by atoms with van der Waals surface area (Å²) in [4.78, 5) is 16.3. The maximum Gasteiger partial charge on any atom is 0.353 e. The molecule has 1 N–H and O–H groups in total. The van der Waals surface area contributed by atoms with Crippen LogP contribution in [0.25, 0.3) is 0 Å². The van der Waals surface area contributed by atoms with E-state index in [1.54, 1.807) is 17.0 Å². The van der Waals surface area contributed by atoms with Crippen LogP contribution in [0, 0.1) is 0 Å². The molecule has 0 spiro atoms. The highest BCUT2D eigenvalue weighted by molar-refractivity contribution is 8.93. The Morgan fingerprint density at radius 3 is 2.65 bits per heavy atom. The molecule has 0 aromatic carbocycles. The van der Waals surface area contributed by atoms with E-state index in [0.29, 0.717) is 11.7 Å². The van der Waals surface area contributed by atoms with Crippen molar-refractivity contribution in [1.29, 1.82) is 0 Å². The van der Waals surface area contributed by atoms with Crippen LogP contribution in [0.3, 0.4) is 0 Å². The van der Waals surface area contributed by atoms with Crippen molar-refractivity contribution in [2.24, 2.45) is 12.0 Å². The van der Waals surface area contributed by atoms with Gasteiger partial charge in [0.2, 0.25) is 0 Å². The Bertz CT molecular complexity index is 447. The Balaban J connectivity index is 0.00000144. The van der Waals surface area contributed by atoms with Crippen LogP contribution in [-0.2, 0) is 7.05 Å². The average Bonchev–Trinajstić information content (AvgIpc) is 2.62. The minimum Gasteiger partial charge on any atom is -0.477 e. The van der Waals surface area contributed by atoms with E-state index < -0.39 is 5.97 Å². The first-order valence-corrected chi connectivity index (χ1v) is 6.48. The first kappa shape index (κ1) is 14.4. The van der Waals surface area contributed by atoms with Crippen LogP contribution in [0.1, 0.15) is 42.6 Å². The fourth-order valence-corrected chi connectivity index (χ4v) is 2.99. The normalized spacial score (nSPS) is 17.8. The molecule has 1 aliphatic rings. The highest BCUT2D eigenvalue weighted by atomic mass is 79.9. The van der Waals surface area contributed by atoms with Crippen LogP contribution in [0.2, 0.25) is 0 Å². The van der Waals surface area contributed by atoms with Crippen molar-refractivity contribution < 1.29 is 9.90 Å². The van der Waals surface area contributed by atoms with E-state index in [1.165, 1.54) is 30.6 Å². The average molecular weight is 321 g/mol. The Hall–Kier alpha value is -0.620. The standard InChI is InChI=1S/C11H16N2O2S.BrH/c1-13-9(10(14)15)7-16-11(13)12-8-5-3-2-4-6-8;/h7-8H,2-6H2,1H3,(H,14,15);1H. The molecular weight excluding hydrogens is 304 g/mol. The van der Waals surface area contributed by atoms with Gasteiger partial charge in [-0.2, -0.15) is 0 Å². The van der Waals surface area contributed by atoms with Crippen LogP contribution in [0.15, 0.2) is 10.4 Å². The number of thiazole rings is 1. The Kier molecular flexibility index (Phi) is 5.39. The van der Waals surface area contributed by atoms with E-state index in [1.807, 2.05) is 0 Å².